The second-order valence-electron chi connectivity index (χ2n) is 4.80. The number of para-hydroxylation sites is 1. The monoisotopic (exact) mass is 292 g/mol. The van der Waals surface area contributed by atoms with Crippen molar-refractivity contribution in [2.45, 2.75) is 0 Å². The van der Waals surface area contributed by atoms with E-state index in [1.54, 1.807) is 30.4 Å². The van der Waals surface area contributed by atoms with Crippen molar-refractivity contribution >= 4 is 28.7 Å². The fraction of sp³-hybridized carbons (Fsp3) is 0. The third-order valence-electron chi connectivity index (χ3n) is 3.35. The minimum atomic E-state index is -0.430. The molecular weight excluding hydrogens is 280 g/mol. The second kappa shape index (κ2) is 5.65. The summed E-state index contributed by atoms with van der Waals surface area (Å²) in [5.41, 5.74) is 2.09. The SMILES string of the molecule is O=[N+]([O-])c1cccc(/C=C/c2cccc3ccc[n+]([O-])c23)c1. The highest BCUT2D eigenvalue weighted by Gasteiger charge is 2.07. The Balaban J connectivity index is 2.03. The molecule has 1 aromatic heterocycles. The number of nitro groups is 1. The number of benzene rings is 2. The van der Waals surface area contributed by atoms with Crippen LogP contribution in [0, 0.1) is 15.3 Å². The molecule has 1 heterocycles. The Morgan fingerprint density at radius 2 is 1.77 bits per heavy atom. The van der Waals surface area contributed by atoms with Crippen LogP contribution in [0.3, 0.4) is 0 Å². The Hall–Kier alpha value is -3.21. The zero-order valence-electron chi connectivity index (χ0n) is 11.5. The summed E-state index contributed by atoms with van der Waals surface area (Å²) in [6.07, 6.45) is 5.00. The highest BCUT2D eigenvalue weighted by molar-refractivity contribution is 5.87. The molecule has 0 aliphatic carbocycles. The van der Waals surface area contributed by atoms with E-state index in [9.17, 15) is 15.3 Å². The lowest BCUT2D eigenvalue weighted by molar-refractivity contribution is -0.577. The van der Waals surface area contributed by atoms with Crippen LogP contribution in [0.2, 0.25) is 0 Å². The number of hydrogen-bond donors (Lipinski definition) is 0. The smallest absolute Gasteiger partial charge is 0.270 e. The molecule has 0 amide bonds. The Labute approximate surface area is 126 Å². The van der Waals surface area contributed by atoms with Crippen LogP contribution in [0.5, 0.6) is 0 Å². The summed E-state index contributed by atoms with van der Waals surface area (Å²) in [5.74, 6) is 0. The molecule has 0 spiro atoms. The van der Waals surface area contributed by atoms with Gasteiger partial charge in [0, 0.05) is 29.1 Å². The number of rotatable bonds is 3. The molecule has 0 radical (unpaired) electrons. The summed E-state index contributed by atoms with van der Waals surface area (Å²) in [5, 5.41) is 23.6. The van der Waals surface area contributed by atoms with Crippen molar-refractivity contribution < 1.29 is 9.65 Å². The molecule has 0 saturated carbocycles. The van der Waals surface area contributed by atoms with Crippen LogP contribution < -0.4 is 4.73 Å². The molecule has 2 aromatic carbocycles. The third kappa shape index (κ3) is 2.64. The van der Waals surface area contributed by atoms with E-state index in [0.29, 0.717) is 11.1 Å². The highest BCUT2D eigenvalue weighted by Crippen LogP contribution is 2.19. The standard InChI is InChI=1S/C17H12N2O3/c20-18-11-3-7-14-5-2-6-15(17(14)18)10-9-13-4-1-8-16(12-13)19(21)22/h1-12H/b10-9+. The molecule has 0 N–H and O–H groups in total. The molecule has 0 aliphatic heterocycles. The molecule has 0 unspecified atom stereocenters. The highest BCUT2D eigenvalue weighted by atomic mass is 16.6. The van der Waals surface area contributed by atoms with Gasteiger partial charge in [0.1, 0.15) is 0 Å². The Morgan fingerprint density at radius 3 is 2.59 bits per heavy atom. The zero-order valence-corrected chi connectivity index (χ0v) is 11.5. The summed E-state index contributed by atoms with van der Waals surface area (Å²) < 4.78 is 0.822. The lowest BCUT2D eigenvalue weighted by Crippen LogP contribution is -2.26. The summed E-state index contributed by atoms with van der Waals surface area (Å²) in [6, 6.07) is 15.5. The first-order chi connectivity index (χ1) is 10.6. The first-order valence-electron chi connectivity index (χ1n) is 6.68. The predicted octanol–water partition coefficient (Wildman–Crippen LogP) is 3.55. The average Bonchev–Trinajstić information content (AvgIpc) is 2.53. The Morgan fingerprint density at radius 1 is 1.00 bits per heavy atom. The van der Waals surface area contributed by atoms with Crippen molar-refractivity contribution in [1.29, 1.82) is 0 Å². The average molecular weight is 292 g/mol. The van der Waals surface area contributed by atoms with Crippen molar-refractivity contribution in [3.05, 3.63) is 87.2 Å². The molecule has 0 atom stereocenters. The van der Waals surface area contributed by atoms with E-state index < -0.39 is 4.92 Å². The van der Waals surface area contributed by atoms with E-state index in [2.05, 4.69) is 0 Å². The Kier molecular flexibility index (Phi) is 3.53. The van der Waals surface area contributed by atoms with Gasteiger partial charge in [0.05, 0.1) is 4.92 Å². The van der Waals surface area contributed by atoms with Crippen molar-refractivity contribution in [1.82, 2.24) is 0 Å². The van der Waals surface area contributed by atoms with Gasteiger partial charge in [-0.3, -0.25) is 10.1 Å². The summed E-state index contributed by atoms with van der Waals surface area (Å²) >= 11 is 0. The summed E-state index contributed by atoms with van der Waals surface area (Å²) in [7, 11) is 0. The summed E-state index contributed by atoms with van der Waals surface area (Å²) in [4.78, 5) is 10.4. The van der Waals surface area contributed by atoms with Gasteiger partial charge in [-0.25, -0.2) is 0 Å². The molecule has 3 rings (SSSR count). The van der Waals surface area contributed by atoms with Crippen molar-refractivity contribution in [3.8, 4) is 0 Å². The van der Waals surface area contributed by atoms with Crippen LogP contribution in [0.15, 0.2) is 60.8 Å². The Bertz CT molecular complexity index is 883. The number of aromatic nitrogens is 1. The maximum atomic E-state index is 11.9. The topological polar surface area (TPSA) is 70.1 Å². The van der Waals surface area contributed by atoms with Crippen LogP contribution in [-0.4, -0.2) is 4.92 Å². The van der Waals surface area contributed by atoms with E-state index >= 15 is 0 Å². The number of nitro benzene ring substituents is 1. The van der Waals surface area contributed by atoms with Gasteiger partial charge in [-0.2, -0.15) is 4.73 Å². The lowest BCUT2D eigenvalue weighted by atomic mass is 10.1. The first-order valence-corrected chi connectivity index (χ1v) is 6.68. The van der Waals surface area contributed by atoms with Crippen molar-refractivity contribution in [2.24, 2.45) is 0 Å². The van der Waals surface area contributed by atoms with Gasteiger partial charge in [-0.1, -0.05) is 24.3 Å². The number of fused-ring (bicyclic) bond motifs is 1. The number of hydrogen-bond acceptors (Lipinski definition) is 3. The minimum Gasteiger partial charge on any atom is -0.618 e. The van der Waals surface area contributed by atoms with E-state index in [-0.39, 0.29) is 5.69 Å². The van der Waals surface area contributed by atoms with Crippen LogP contribution >= 0.6 is 0 Å². The van der Waals surface area contributed by atoms with Crippen LogP contribution in [0.4, 0.5) is 5.69 Å². The van der Waals surface area contributed by atoms with Crippen LogP contribution in [0.1, 0.15) is 11.1 Å². The second-order valence-corrected chi connectivity index (χ2v) is 4.80. The normalized spacial score (nSPS) is 11.1. The maximum Gasteiger partial charge on any atom is 0.270 e. The molecular formula is C17H12N2O3. The lowest BCUT2D eigenvalue weighted by Gasteiger charge is -2.03. The number of nitrogens with zero attached hydrogens (tertiary/aromatic N) is 2. The van der Waals surface area contributed by atoms with Crippen molar-refractivity contribution in [3.63, 3.8) is 0 Å². The summed E-state index contributed by atoms with van der Waals surface area (Å²) in [6.45, 7) is 0. The predicted molar refractivity (Wildman–Crippen MR) is 84.9 cm³/mol. The van der Waals surface area contributed by atoms with E-state index in [0.717, 1.165) is 15.7 Å². The van der Waals surface area contributed by atoms with Gasteiger partial charge in [0.15, 0.2) is 6.20 Å². The fourth-order valence-corrected chi connectivity index (χ4v) is 2.33. The molecule has 0 bridgehead atoms. The number of non-ortho nitro benzene ring substituents is 1. The molecule has 0 aliphatic rings. The van der Waals surface area contributed by atoms with Gasteiger partial charge < -0.3 is 5.21 Å². The minimum absolute atomic E-state index is 0.0407. The van der Waals surface area contributed by atoms with E-state index in [4.69, 9.17) is 0 Å². The molecule has 5 heteroatoms. The maximum absolute atomic E-state index is 11.9. The van der Waals surface area contributed by atoms with Gasteiger partial charge in [0.2, 0.25) is 5.52 Å². The van der Waals surface area contributed by atoms with Crippen LogP contribution in [-0.2, 0) is 0 Å². The van der Waals surface area contributed by atoms with E-state index in [1.165, 1.54) is 18.3 Å². The fourth-order valence-electron chi connectivity index (χ4n) is 2.33. The van der Waals surface area contributed by atoms with Crippen molar-refractivity contribution in [2.75, 3.05) is 0 Å². The molecule has 5 nitrogen and oxygen atoms in total. The van der Waals surface area contributed by atoms with Gasteiger partial charge in [-0.15, -0.1) is 0 Å². The molecule has 0 fully saturated rings. The first kappa shape index (κ1) is 13.8. The van der Waals surface area contributed by atoms with Crippen LogP contribution in [0.25, 0.3) is 23.1 Å². The molecule has 0 saturated heterocycles. The quantitative estimate of drug-likeness (QED) is 0.244. The zero-order chi connectivity index (χ0) is 15.5. The van der Waals surface area contributed by atoms with Gasteiger partial charge >= 0.3 is 0 Å². The molecule has 108 valence electrons. The molecule has 3 aromatic rings. The molecule has 22 heavy (non-hydrogen) atoms. The third-order valence-corrected chi connectivity index (χ3v) is 3.35. The number of pyridine rings is 1. The van der Waals surface area contributed by atoms with Gasteiger partial charge in [-0.05, 0) is 29.8 Å². The van der Waals surface area contributed by atoms with Gasteiger partial charge in [0.25, 0.3) is 5.69 Å². The largest absolute Gasteiger partial charge is 0.618 e. The van der Waals surface area contributed by atoms with E-state index in [1.807, 2.05) is 24.3 Å².